The fourth-order valence-corrected chi connectivity index (χ4v) is 6.19. The second-order valence-corrected chi connectivity index (χ2v) is 12.6. The summed E-state index contributed by atoms with van der Waals surface area (Å²) in [4.78, 5) is 21.8. The van der Waals surface area contributed by atoms with E-state index in [0.717, 1.165) is 32.2 Å². The van der Waals surface area contributed by atoms with Gasteiger partial charge < -0.3 is 21.1 Å². The Morgan fingerprint density at radius 1 is 0.894 bits per heavy atom. The number of pyridine rings is 1. The Labute approximate surface area is 269 Å². The molecule has 0 bridgehead atoms. The molecule has 1 aliphatic rings. The highest BCUT2D eigenvalue weighted by Gasteiger charge is 2.38. The highest BCUT2D eigenvalue weighted by Crippen LogP contribution is 2.28. The number of nitrogens with one attached hydrogen (secondary N) is 3. The number of halogens is 4. The topological polar surface area (TPSA) is 149 Å². The minimum absolute atomic E-state index is 0.0356. The maximum Gasteiger partial charge on any atom is 0.490 e. The first-order chi connectivity index (χ1) is 22.3. The molecule has 4 N–H and O–H groups in total. The zero-order chi connectivity index (χ0) is 34.0. The maximum absolute atomic E-state index is 13.4. The van der Waals surface area contributed by atoms with E-state index in [0.29, 0.717) is 29.2 Å². The van der Waals surface area contributed by atoms with Gasteiger partial charge in [0.1, 0.15) is 11.6 Å². The molecular formula is C31H33F4N7O4S. The molecule has 1 aliphatic carbocycles. The van der Waals surface area contributed by atoms with Crippen molar-refractivity contribution in [2.45, 2.75) is 55.4 Å². The highest BCUT2D eigenvalue weighted by molar-refractivity contribution is 7.89. The van der Waals surface area contributed by atoms with Crippen molar-refractivity contribution in [1.82, 2.24) is 24.6 Å². The van der Waals surface area contributed by atoms with Gasteiger partial charge in [-0.1, -0.05) is 0 Å². The number of aromatic nitrogens is 3. The van der Waals surface area contributed by atoms with Crippen LogP contribution in [0.2, 0.25) is 0 Å². The molecule has 2 heterocycles. The van der Waals surface area contributed by atoms with Gasteiger partial charge in [0, 0.05) is 55.6 Å². The minimum Gasteiger partial charge on any atom is -0.475 e. The summed E-state index contributed by atoms with van der Waals surface area (Å²) >= 11 is 0. The van der Waals surface area contributed by atoms with Crippen LogP contribution in [0.5, 0.6) is 0 Å². The quantitative estimate of drug-likeness (QED) is 0.151. The molecule has 11 nitrogen and oxygen atoms in total. The number of aliphatic carboxylic acids is 1. The summed E-state index contributed by atoms with van der Waals surface area (Å²) in [6.07, 6.45) is 3.56. The lowest BCUT2D eigenvalue weighted by atomic mass is 9.91. The van der Waals surface area contributed by atoms with E-state index < -0.39 is 22.2 Å². The Balaban J connectivity index is 0.000000644. The van der Waals surface area contributed by atoms with Crippen molar-refractivity contribution in [2.75, 3.05) is 17.7 Å². The van der Waals surface area contributed by atoms with Crippen molar-refractivity contribution in [2.24, 2.45) is 0 Å². The van der Waals surface area contributed by atoms with Gasteiger partial charge in [-0.25, -0.2) is 22.6 Å². The number of carboxylic acids is 1. The molecule has 250 valence electrons. The van der Waals surface area contributed by atoms with Crippen molar-refractivity contribution in [3.8, 4) is 0 Å². The summed E-state index contributed by atoms with van der Waals surface area (Å²) in [6.45, 7) is 0.784. The molecule has 0 atom stereocenters. The van der Waals surface area contributed by atoms with Gasteiger partial charge in [-0.15, -0.1) is 0 Å². The molecule has 5 rings (SSSR count). The van der Waals surface area contributed by atoms with Gasteiger partial charge in [-0.2, -0.15) is 22.5 Å². The number of carboxylic acid groups (broad SMARTS) is 1. The molecule has 1 fully saturated rings. The zero-order valence-corrected chi connectivity index (χ0v) is 26.0. The number of hydrogen-bond donors (Lipinski definition) is 4. The van der Waals surface area contributed by atoms with Gasteiger partial charge >= 0.3 is 12.1 Å². The van der Waals surface area contributed by atoms with E-state index in [1.165, 1.54) is 22.0 Å². The summed E-state index contributed by atoms with van der Waals surface area (Å²) in [5, 5.41) is 16.9. The van der Waals surface area contributed by atoms with Gasteiger partial charge in [0.15, 0.2) is 0 Å². The lowest BCUT2D eigenvalue weighted by Crippen LogP contribution is -2.43. The van der Waals surface area contributed by atoms with Crippen LogP contribution in [0.15, 0.2) is 90.2 Å². The molecule has 1 saturated carbocycles. The van der Waals surface area contributed by atoms with E-state index in [1.807, 2.05) is 12.1 Å². The van der Waals surface area contributed by atoms with Gasteiger partial charge in [0.2, 0.25) is 16.0 Å². The Hall–Kier alpha value is -4.67. The van der Waals surface area contributed by atoms with Gasteiger partial charge in [0.25, 0.3) is 0 Å². The Morgan fingerprint density at radius 3 is 2.06 bits per heavy atom. The number of carbonyl (C=O) groups is 1. The van der Waals surface area contributed by atoms with E-state index in [1.54, 1.807) is 68.1 Å². The molecular weight excluding hydrogens is 642 g/mol. The smallest absolute Gasteiger partial charge is 0.475 e. The van der Waals surface area contributed by atoms with Crippen LogP contribution in [0.3, 0.4) is 0 Å². The van der Waals surface area contributed by atoms with Gasteiger partial charge in [-0.05, 0) is 98.0 Å². The largest absolute Gasteiger partial charge is 0.490 e. The number of benzene rings is 2. The van der Waals surface area contributed by atoms with Crippen LogP contribution in [0.1, 0.15) is 31.2 Å². The van der Waals surface area contributed by atoms with Crippen molar-refractivity contribution >= 4 is 39.1 Å². The van der Waals surface area contributed by atoms with E-state index in [9.17, 15) is 26.0 Å². The molecule has 0 saturated heterocycles. The Morgan fingerprint density at radius 2 is 1.47 bits per heavy atom. The minimum atomic E-state index is -5.08. The first kappa shape index (κ1) is 35.2. The molecule has 0 spiro atoms. The molecule has 0 aliphatic heterocycles. The molecule has 47 heavy (non-hydrogen) atoms. The second-order valence-electron chi connectivity index (χ2n) is 10.6. The van der Waals surface area contributed by atoms with Crippen molar-refractivity contribution in [1.29, 1.82) is 0 Å². The Kier molecular flexibility index (Phi) is 11.8. The summed E-state index contributed by atoms with van der Waals surface area (Å²) in [5.74, 6) is -2.20. The second kappa shape index (κ2) is 15.8. The molecule has 2 aromatic heterocycles. The lowest BCUT2D eigenvalue weighted by molar-refractivity contribution is -0.192. The average Bonchev–Trinajstić information content (AvgIpc) is 3.05. The summed E-state index contributed by atoms with van der Waals surface area (Å²) < 4.78 is 73.1. The number of sulfonamides is 1. The normalized spacial score (nSPS) is 16.6. The van der Waals surface area contributed by atoms with Crippen molar-refractivity contribution in [3.63, 3.8) is 0 Å². The number of rotatable bonds is 10. The van der Waals surface area contributed by atoms with Crippen LogP contribution < -0.4 is 16.0 Å². The molecule has 0 amide bonds. The van der Waals surface area contributed by atoms with Crippen LogP contribution >= 0.6 is 0 Å². The van der Waals surface area contributed by atoms with Crippen LogP contribution in [0.4, 0.5) is 40.7 Å². The molecule has 0 radical (unpaired) electrons. The summed E-state index contributed by atoms with van der Waals surface area (Å²) in [6, 6.07) is 18.6. The lowest BCUT2D eigenvalue weighted by Gasteiger charge is -2.34. The molecule has 0 unspecified atom stereocenters. The van der Waals surface area contributed by atoms with Crippen LogP contribution in [0, 0.1) is 5.82 Å². The third-order valence-corrected chi connectivity index (χ3v) is 9.28. The predicted octanol–water partition coefficient (Wildman–Crippen LogP) is 5.85. The van der Waals surface area contributed by atoms with E-state index in [-0.39, 0.29) is 16.8 Å². The van der Waals surface area contributed by atoms with E-state index >= 15 is 0 Å². The Bertz CT molecular complexity index is 1700. The predicted molar refractivity (Wildman–Crippen MR) is 167 cm³/mol. The van der Waals surface area contributed by atoms with E-state index in [2.05, 4.69) is 30.9 Å². The van der Waals surface area contributed by atoms with Crippen molar-refractivity contribution in [3.05, 3.63) is 96.7 Å². The number of nitrogens with zero attached hydrogens (tertiary/aromatic N) is 4. The fourth-order valence-electron chi connectivity index (χ4n) is 4.78. The van der Waals surface area contributed by atoms with Crippen LogP contribution in [-0.4, -0.2) is 64.1 Å². The number of hydrogen-bond acceptors (Lipinski definition) is 9. The highest BCUT2D eigenvalue weighted by atomic mass is 32.2. The standard InChI is InChI=1S/C29H32FN7O2S.C2HF3O2/c1-37(26-10-6-23(7-11-26)33-20-21-14-17-31-18-15-21)40(38,39)27-12-8-25(9-13-27)35-29-32-19-16-28(36-29)34-24-4-2-22(30)3-5-24;3-2(4,5)1(6)7/h2-5,8-9,12-19,23,26,33H,6-7,10-11,20H2,1H3,(H2,32,34,35,36);(H,6,7). The number of alkyl halides is 3. The average molecular weight is 676 g/mol. The van der Waals surface area contributed by atoms with E-state index in [4.69, 9.17) is 9.90 Å². The first-order valence-electron chi connectivity index (χ1n) is 14.4. The maximum atomic E-state index is 13.4. The summed E-state index contributed by atoms with van der Waals surface area (Å²) in [5.41, 5.74) is 2.54. The third-order valence-electron chi connectivity index (χ3n) is 7.36. The van der Waals surface area contributed by atoms with Crippen LogP contribution in [-0.2, 0) is 21.4 Å². The third kappa shape index (κ3) is 10.4. The molecule has 2 aromatic carbocycles. The van der Waals surface area contributed by atoms with Gasteiger partial charge in [-0.3, -0.25) is 4.98 Å². The zero-order valence-electron chi connectivity index (χ0n) is 25.2. The first-order valence-corrected chi connectivity index (χ1v) is 15.9. The fraction of sp³-hybridized carbons (Fsp3) is 0.290. The monoisotopic (exact) mass is 675 g/mol. The molecule has 16 heteroatoms. The number of anilines is 4. The molecule has 4 aromatic rings. The SMILES string of the molecule is CN(C1CCC(NCc2ccncc2)CC1)S(=O)(=O)c1ccc(Nc2nccc(Nc3ccc(F)cc3)n2)cc1.O=C(O)C(F)(F)F. The van der Waals surface area contributed by atoms with Crippen molar-refractivity contribution < 1.29 is 35.9 Å². The van der Waals surface area contributed by atoms with Gasteiger partial charge in [0.05, 0.1) is 4.90 Å². The summed E-state index contributed by atoms with van der Waals surface area (Å²) in [7, 11) is -1.96. The van der Waals surface area contributed by atoms with Crippen LogP contribution in [0.25, 0.3) is 0 Å².